The van der Waals surface area contributed by atoms with Crippen LogP contribution in [0.3, 0.4) is 0 Å². The van der Waals surface area contributed by atoms with E-state index in [9.17, 15) is 9.90 Å². The van der Waals surface area contributed by atoms with Crippen LogP contribution in [0.5, 0.6) is 5.75 Å². The summed E-state index contributed by atoms with van der Waals surface area (Å²) in [5.41, 5.74) is 0.0838. The van der Waals surface area contributed by atoms with E-state index in [1.165, 1.54) is 12.3 Å². The highest BCUT2D eigenvalue weighted by atomic mass is 16.3. The first-order chi connectivity index (χ1) is 7.77. The molecule has 1 aliphatic heterocycles. The highest BCUT2D eigenvalue weighted by Crippen LogP contribution is 2.12. The Labute approximate surface area is 93.9 Å². The quantitative estimate of drug-likeness (QED) is 0.685. The summed E-state index contributed by atoms with van der Waals surface area (Å²) in [5.74, 6) is -0.411. The zero-order valence-electron chi connectivity index (χ0n) is 8.94. The van der Waals surface area contributed by atoms with Crippen LogP contribution >= 0.6 is 0 Å². The van der Waals surface area contributed by atoms with Crippen molar-refractivity contribution in [3.05, 3.63) is 24.0 Å². The second kappa shape index (κ2) is 4.94. The van der Waals surface area contributed by atoms with Crippen molar-refractivity contribution in [1.29, 1.82) is 0 Å². The molecule has 0 spiro atoms. The van der Waals surface area contributed by atoms with Crippen molar-refractivity contribution in [1.82, 2.24) is 15.6 Å². The van der Waals surface area contributed by atoms with Gasteiger partial charge in [-0.15, -0.1) is 0 Å². The molecule has 1 saturated heterocycles. The van der Waals surface area contributed by atoms with E-state index in [0.29, 0.717) is 12.6 Å². The Morgan fingerprint density at radius 2 is 2.56 bits per heavy atom. The molecule has 1 aromatic heterocycles. The highest BCUT2D eigenvalue weighted by molar-refractivity contribution is 5.94. The number of aromatic hydroxyl groups is 1. The highest BCUT2D eigenvalue weighted by Gasteiger charge is 2.17. The molecule has 1 aliphatic rings. The van der Waals surface area contributed by atoms with Crippen LogP contribution < -0.4 is 10.6 Å². The van der Waals surface area contributed by atoms with Gasteiger partial charge in [-0.2, -0.15) is 0 Å². The van der Waals surface area contributed by atoms with Crippen molar-refractivity contribution < 1.29 is 9.90 Å². The van der Waals surface area contributed by atoms with Gasteiger partial charge in [-0.3, -0.25) is 4.79 Å². The van der Waals surface area contributed by atoms with E-state index in [0.717, 1.165) is 19.4 Å². The van der Waals surface area contributed by atoms with Crippen molar-refractivity contribution in [3.63, 3.8) is 0 Å². The molecule has 2 rings (SSSR count). The number of rotatable bonds is 3. The Balaban J connectivity index is 1.90. The van der Waals surface area contributed by atoms with E-state index >= 15 is 0 Å². The summed E-state index contributed by atoms with van der Waals surface area (Å²) in [5, 5.41) is 15.5. The average molecular weight is 221 g/mol. The molecule has 1 fully saturated rings. The molecular weight excluding hydrogens is 206 g/mol. The lowest BCUT2D eigenvalue weighted by molar-refractivity contribution is 0.0942. The molecule has 0 aliphatic carbocycles. The Morgan fingerprint density at radius 1 is 1.69 bits per heavy atom. The minimum Gasteiger partial charge on any atom is -0.505 e. The number of nitrogens with zero attached hydrogens (tertiary/aromatic N) is 1. The molecule has 1 amide bonds. The molecule has 0 radical (unpaired) electrons. The Bertz CT molecular complexity index is 375. The molecule has 0 saturated carbocycles. The molecule has 5 heteroatoms. The van der Waals surface area contributed by atoms with Crippen LogP contribution in [0, 0.1) is 0 Å². The number of amides is 1. The zero-order valence-corrected chi connectivity index (χ0v) is 8.94. The largest absolute Gasteiger partial charge is 0.505 e. The predicted octanol–water partition coefficient (Wildman–Crippen LogP) is 0.269. The molecule has 2 heterocycles. The number of hydrogen-bond donors (Lipinski definition) is 3. The van der Waals surface area contributed by atoms with E-state index in [1.807, 2.05) is 0 Å². The number of carbonyl (C=O) groups excluding carboxylic acids is 1. The number of nitrogens with one attached hydrogen (secondary N) is 2. The molecule has 1 atom stereocenters. The summed E-state index contributed by atoms with van der Waals surface area (Å²) >= 11 is 0. The number of pyridine rings is 1. The minimum atomic E-state index is -0.327. The summed E-state index contributed by atoms with van der Waals surface area (Å²) in [6.07, 6.45) is 3.71. The second-order valence-corrected chi connectivity index (χ2v) is 3.87. The molecule has 1 aromatic rings. The molecule has 0 aromatic carbocycles. The van der Waals surface area contributed by atoms with Crippen LogP contribution in [-0.4, -0.2) is 35.1 Å². The van der Waals surface area contributed by atoms with Crippen molar-refractivity contribution >= 4 is 5.91 Å². The van der Waals surface area contributed by atoms with Gasteiger partial charge in [0.2, 0.25) is 0 Å². The lowest BCUT2D eigenvalue weighted by Crippen LogP contribution is -2.37. The third-order valence-electron chi connectivity index (χ3n) is 2.67. The van der Waals surface area contributed by atoms with Crippen molar-refractivity contribution in [2.45, 2.75) is 18.9 Å². The molecule has 5 nitrogen and oxygen atoms in total. The van der Waals surface area contributed by atoms with Crippen LogP contribution in [0.25, 0.3) is 0 Å². The Morgan fingerprint density at radius 3 is 3.25 bits per heavy atom. The number of hydrogen-bond acceptors (Lipinski definition) is 4. The Kier molecular flexibility index (Phi) is 3.36. The SMILES string of the molecule is O=C(NCC1CCCN1)c1ncccc1O. The average Bonchev–Trinajstić information content (AvgIpc) is 2.79. The summed E-state index contributed by atoms with van der Waals surface area (Å²) in [6.45, 7) is 1.59. The van der Waals surface area contributed by atoms with Crippen LogP contribution in [0.1, 0.15) is 23.3 Å². The van der Waals surface area contributed by atoms with Crippen LogP contribution in [0.15, 0.2) is 18.3 Å². The monoisotopic (exact) mass is 221 g/mol. The van der Waals surface area contributed by atoms with Gasteiger partial charge >= 0.3 is 0 Å². The van der Waals surface area contributed by atoms with Gasteiger partial charge in [-0.25, -0.2) is 4.98 Å². The fourth-order valence-corrected chi connectivity index (χ4v) is 1.80. The van der Waals surface area contributed by atoms with Gasteiger partial charge in [-0.05, 0) is 31.5 Å². The van der Waals surface area contributed by atoms with Gasteiger partial charge in [-0.1, -0.05) is 0 Å². The fraction of sp³-hybridized carbons (Fsp3) is 0.455. The number of aromatic nitrogens is 1. The first-order valence-electron chi connectivity index (χ1n) is 5.43. The first-order valence-corrected chi connectivity index (χ1v) is 5.43. The lowest BCUT2D eigenvalue weighted by Gasteiger charge is -2.11. The normalized spacial score (nSPS) is 19.6. The summed E-state index contributed by atoms with van der Waals surface area (Å²) in [7, 11) is 0. The summed E-state index contributed by atoms with van der Waals surface area (Å²) in [6, 6.07) is 3.38. The van der Waals surface area contributed by atoms with Gasteiger partial charge in [0, 0.05) is 18.8 Å². The molecule has 3 N–H and O–H groups in total. The van der Waals surface area contributed by atoms with Crippen molar-refractivity contribution in [2.24, 2.45) is 0 Å². The van der Waals surface area contributed by atoms with E-state index in [-0.39, 0.29) is 17.4 Å². The number of carbonyl (C=O) groups is 1. The van der Waals surface area contributed by atoms with Crippen LogP contribution in [-0.2, 0) is 0 Å². The standard InChI is InChI=1S/C11H15N3O2/c15-9-4-2-6-13-10(9)11(16)14-7-8-3-1-5-12-8/h2,4,6,8,12,15H,1,3,5,7H2,(H,14,16). The van der Waals surface area contributed by atoms with Gasteiger partial charge < -0.3 is 15.7 Å². The fourth-order valence-electron chi connectivity index (χ4n) is 1.80. The second-order valence-electron chi connectivity index (χ2n) is 3.87. The van der Waals surface area contributed by atoms with Crippen LogP contribution in [0.2, 0.25) is 0 Å². The smallest absolute Gasteiger partial charge is 0.273 e. The predicted molar refractivity (Wildman–Crippen MR) is 59.3 cm³/mol. The van der Waals surface area contributed by atoms with Crippen LogP contribution in [0.4, 0.5) is 0 Å². The van der Waals surface area contributed by atoms with Gasteiger partial charge in [0.15, 0.2) is 5.69 Å². The summed E-state index contributed by atoms with van der Waals surface area (Å²) < 4.78 is 0. The van der Waals surface area contributed by atoms with E-state index in [2.05, 4.69) is 15.6 Å². The maximum Gasteiger partial charge on any atom is 0.273 e. The van der Waals surface area contributed by atoms with Crippen molar-refractivity contribution in [2.75, 3.05) is 13.1 Å². The minimum absolute atomic E-state index is 0.0838. The molecule has 0 bridgehead atoms. The topological polar surface area (TPSA) is 74.2 Å². The third-order valence-corrected chi connectivity index (χ3v) is 2.67. The Hall–Kier alpha value is -1.62. The summed E-state index contributed by atoms with van der Waals surface area (Å²) in [4.78, 5) is 15.5. The van der Waals surface area contributed by atoms with E-state index in [1.54, 1.807) is 6.07 Å². The lowest BCUT2D eigenvalue weighted by atomic mass is 10.2. The van der Waals surface area contributed by atoms with E-state index < -0.39 is 0 Å². The third kappa shape index (κ3) is 2.49. The maximum atomic E-state index is 11.7. The molecule has 16 heavy (non-hydrogen) atoms. The van der Waals surface area contributed by atoms with Gasteiger partial charge in [0.25, 0.3) is 5.91 Å². The maximum absolute atomic E-state index is 11.7. The molecular formula is C11H15N3O2. The van der Waals surface area contributed by atoms with E-state index in [4.69, 9.17) is 0 Å². The zero-order chi connectivity index (χ0) is 11.4. The van der Waals surface area contributed by atoms with Gasteiger partial charge in [0.05, 0.1) is 0 Å². The molecule has 86 valence electrons. The molecule has 1 unspecified atom stereocenters. The van der Waals surface area contributed by atoms with Crippen molar-refractivity contribution in [3.8, 4) is 5.75 Å². The first kappa shape index (κ1) is 10.9. The van der Waals surface area contributed by atoms with Gasteiger partial charge in [0.1, 0.15) is 5.75 Å².